The summed E-state index contributed by atoms with van der Waals surface area (Å²) in [6, 6.07) is 15.2. The molecule has 3 atom stereocenters. The summed E-state index contributed by atoms with van der Waals surface area (Å²) in [7, 11) is 0. The second-order valence-electron chi connectivity index (χ2n) is 6.95. The van der Waals surface area contributed by atoms with Crippen molar-refractivity contribution >= 4 is 40.7 Å². The highest BCUT2D eigenvalue weighted by Crippen LogP contribution is 2.25. The summed E-state index contributed by atoms with van der Waals surface area (Å²) in [5.41, 5.74) is 1.24. The Kier molecular flexibility index (Phi) is 8.15. The first-order chi connectivity index (χ1) is 12.2. The first-order valence-corrected chi connectivity index (χ1v) is 9.39. The van der Waals surface area contributed by atoms with Crippen molar-refractivity contribution in [2.45, 2.75) is 45.3 Å². The maximum Gasteiger partial charge on any atom is 0.191 e. The number of guanidine groups is 1. The largest absolute Gasteiger partial charge is 0.393 e. The molecule has 3 rings (SSSR count). The van der Waals surface area contributed by atoms with Crippen molar-refractivity contribution in [2.75, 3.05) is 13.1 Å². The second-order valence-corrected chi connectivity index (χ2v) is 6.95. The monoisotopic (exact) mass is 467 g/mol. The quantitative estimate of drug-likeness (QED) is 0.351. The minimum absolute atomic E-state index is 0. The Labute approximate surface area is 173 Å². The zero-order valence-electron chi connectivity index (χ0n) is 15.6. The minimum atomic E-state index is -0.190. The van der Waals surface area contributed by atoms with E-state index in [1.54, 1.807) is 0 Å². The van der Waals surface area contributed by atoms with Crippen molar-refractivity contribution in [1.29, 1.82) is 0 Å². The lowest BCUT2D eigenvalue weighted by Gasteiger charge is -2.20. The first-order valence-electron chi connectivity index (χ1n) is 9.39. The lowest BCUT2D eigenvalue weighted by molar-refractivity contribution is 0.136. The number of hydrogen-bond donors (Lipinski definition) is 3. The third-order valence-electron chi connectivity index (χ3n) is 5.07. The molecule has 3 unspecified atom stereocenters. The number of aliphatic imine (C=N–C) groups is 1. The fourth-order valence-corrected chi connectivity index (χ4v) is 3.52. The van der Waals surface area contributed by atoms with Gasteiger partial charge in [0.05, 0.1) is 12.1 Å². The van der Waals surface area contributed by atoms with E-state index in [0.717, 1.165) is 31.8 Å². The van der Waals surface area contributed by atoms with Crippen LogP contribution < -0.4 is 10.6 Å². The molecule has 5 heteroatoms. The van der Waals surface area contributed by atoms with E-state index in [1.807, 2.05) is 0 Å². The minimum Gasteiger partial charge on any atom is -0.393 e. The van der Waals surface area contributed by atoms with Crippen LogP contribution in [0.15, 0.2) is 47.5 Å². The van der Waals surface area contributed by atoms with Gasteiger partial charge in [-0.3, -0.25) is 4.99 Å². The van der Waals surface area contributed by atoms with Crippen molar-refractivity contribution in [1.82, 2.24) is 10.6 Å². The van der Waals surface area contributed by atoms with Gasteiger partial charge in [0.1, 0.15) is 0 Å². The number of rotatable bonds is 5. The van der Waals surface area contributed by atoms with E-state index in [9.17, 15) is 5.11 Å². The Bertz CT molecular complexity index is 734. The Morgan fingerprint density at radius 3 is 2.65 bits per heavy atom. The SMILES string of the molecule is CCNC(=NCC1CCCC1O)NC(C)c1ccc2ccccc2c1.I. The van der Waals surface area contributed by atoms with E-state index in [4.69, 9.17) is 4.99 Å². The van der Waals surface area contributed by atoms with Crippen molar-refractivity contribution in [3.05, 3.63) is 48.0 Å². The number of nitrogens with one attached hydrogen (secondary N) is 2. The molecule has 4 nitrogen and oxygen atoms in total. The molecule has 0 heterocycles. The van der Waals surface area contributed by atoms with Gasteiger partial charge in [-0.15, -0.1) is 24.0 Å². The van der Waals surface area contributed by atoms with Crippen LogP contribution in [0.5, 0.6) is 0 Å². The molecule has 1 saturated carbocycles. The van der Waals surface area contributed by atoms with Crippen LogP contribution in [0.1, 0.15) is 44.7 Å². The summed E-state index contributed by atoms with van der Waals surface area (Å²) in [6.45, 7) is 5.73. The highest BCUT2D eigenvalue weighted by atomic mass is 127. The number of aliphatic hydroxyl groups is 1. The summed E-state index contributed by atoms with van der Waals surface area (Å²) in [5, 5.41) is 19.3. The van der Waals surface area contributed by atoms with Gasteiger partial charge in [0.2, 0.25) is 0 Å². The lowest BCUT2D eigenvalue weighted by atomic mass is 10.0. The van der Waals surface area contributed by atoms with Crippen molar-refractivity contribution < 1.29 is 5.11 Å². The fourth-order valence-electron chi connectivity index (χ4n) is 3.52. The van der Waals surface area contributed by atoms with Crippen LogP contribution in [0.4, 0.5) is 0 Å². The third-order valence-corrected chi connectivity index (χ3v) is 5.07. The number of aliphatic hydroxyl groups excluding tert-OH is 1. The van der Waals surface area contributed by atoms with Gasteiger partial charge < -0.3 is 15.7 Å². The second kappa shape index (κ2) is 10.1. The van der Waals surface area contributed by atoms with Gasteiger partial charge >= 0.3 is 0 Å². The van der Waals surface area contributed by atoms with E-state index in [0.29, 0.717) is 12.5 Å². The molecule has 1 aliphatic carbocycles. The van der Waals surface area contributed by atoms with Crippen LogP contribution in [-0.4, -0.2) is 30.3 Å². The van der Waals surface area contributed by atoms with Crippen LogP contribution in [0.2, 0.25) is 0 Å². The normalized spacial score (nSPS) is 21.3. The topological polar surface area (TPSA) is 56.7 Å². The molecule has 1 fully saturated rings. The Hall–Kier alpha value is -1.34. The fraction of sp³-hybridized carbons (Fsp3) is 0.476. The first kappa shape index (κ1) is 21.0. The average Bonchev–Trinajstić information content (AvgIpc) is 3.04. The van der Waals surface area contributed by atoms with Gasteiger partial charge in [-0.1, -0.05) is 42.8 Å². The average molecular weight is 467 g/mol. The van der Waals surface area contributed by atoms with Crippen LogP contribution in [-0.2, 0) is 0 Å². The van der Waals surface area contributed by atoms with Gasteiger partial charge in [0.15, 0.2) is 5.96 Å². The molecule has 2 aromatic rings. The number of hydrogen-bond acceptors (Lipinski definition) is 2. The molecule has 0 aliphatic heterocycles. The summed E-state index contributed by atoms with van der Waals surface area (Å²) in [5.74, 6) is 1.12. The summed E-state index contributed by atoms with van der Waals surface area (Å²) in [4.78, 5) is 4.71. The highest BCUT2D eigenvalue weighted by molar-refractivity contribution is 14.0. The molecule has 0 saturated heterocycles. The summed E-state index contributed by atoms with van der Waals surface area (Å²) >= 11 is 0. The van der Waals surface area contributed by atoms with Crippen LogP contribution in [0.3, 0.4) is 0 Å². The number of benzene rings is 2. The Morgan fingerprint density at radius 2 is 1.96 bits per heavy atom. The van der Waals surface area contributed by atoms with Crippen molar-refractivity contribution in [3.63, 3.8) is 0 Å². The van der Waals surface area contributed by atoms with E-state index in [2.05, 4.69) is 66.9 Å². The molecule has 0 amide bonds. The van der Waals surface area contributed by atoms with E-state index < -0.39 is 0 Å². The molecular formula is C21H30IN3O. The molecule has 0 radical (unpaired) electrons. The van der Waals surface area contributed by atoms with Crippen molar-refractivity contribution in [3.8, 4) is 0 Å². The molecule has 0 bridgehead atoms. The maximum absolute atomic E-state index is 9.98. The molecule has 3 N–H and O–H groups in total. The zero-order chi connectivity index (χ0) is 17.6. The van der Waals surface area contributed by atoms with Gasteiger partial charge in [-0.25, -0.2) is 0 Å². The highest BCUT2D eigenvalue weighted by Gasteiger charge is 2.24. The van der Waals surface area contributed by atoms with Crippen LogP contribution in [0.25, 0.3) is 10.8 Å². The molecule has 0 aromatic heterocycles. The zero-order valence-corrected chi connectivity index (χ0v) is 17.9. The van der Waals surface area contributed by atoms with Gasteiger partial charge in [-0.05, 0) is 49.1 Å². The predicted molar refractivity (Wildman–Crippen MR) is 120 cm³/mol. The molecule has 26 heavy (non-hydrogen) atoms. The molecule has 0 spiro atoms. The van der Waals surface area contributed by atoms with Crippen LogP contribution >= 0.6 is 24.0 Å². The Morgan fingerprint density at radius 1 is 1.19 bits per heavy atom. The summed E-state index contributed by atoms with van der Waals surface area (Å²) < 4.78 is 0. The van der Waals surface area contributed by atoms with Crippen molar-refractivity contribution in [2.24, 2.45) is 10.9 Å². The van der Waals surface area contributed by atoms with Gasteiger partial charge in [0, 0.05) is 19.0 Å². The predicted octanol–water partition coefficient (Wildman–Crippen LogP) is 4.23. The summed E-state index contributed by atoms with van der Waals surface area (Å²) in [6.07, 6.45) is 2.91. The maximum atomic E-state index is 9.98. The van der Waals surface area contributed by atoms with Gasteiger partial charge in [0.25, 0.3) is 0 Å². The third kappa shape index (κ3) is 5.33. The molecule has 1 aliphatic rings. The molecule has 142 valence electrons. The standard InChI is InChI=1S/C21H29N3O.HI/c1-3-22-21(23-14-19-9-6-10-20(19)25)24-15(2)17-12-11-16-7-4-5-8-18(16)13-17;/h4-5,7-8,11-13,15,19-20,25H,3,6,9-10,14H2,1-2H3,(H2,22,23,24);1H. The Balaban J connectivity index is 0.00000243. The lowest BCUT2D eigenvalue weighted by Crippen LogP contribution is -2.39. The molecular weight excluding hydrogens is 437 g/mol. The molecule has 2 aromatic carbocycles. The van der Waals surface area contributed by atoms with Crippen LogP contribution in [0, 0.1) is 5.92 Å². The number of halogens is 1. The van der Waals surface area contributed by atoms with E-state index in [-0.39, 0.29) is 36.1 Å². The van der Waals surface area contributed by atoms with E-state index >= 15 is 0 Å². The van der Waals surface area contributed by atoms with Gasteiger partial charge in [-0.2, -0.15) is 0 Å². The number of nitrogens with zero attached hydrogens (tertiary/aromatic N) is 1. The number of fused-ring (bicyclic) bond motifs is 1. The van der Waals surface area contributed by atoms with E-state index in [1.165, 1.54) is 16.3 Å². The smallest absolute Gasteiger partial charge is 0.191 e.